The molecule has 0 unspecified atom stereocenters. The molecule has 1 aromatic heterocycles. The van der Waals surface area contributed by atoms with Crippen LogP contribution in [0.4, 0.5) is 5.69 Å². The number of hydrogen-bond acceptors (Lipinski definition) is 5. The van der Waals surface area contributed by atoms with Crippen LogP contribution in [0.15, 0.2) is 46.9 Å². The van der Waals surface area contributed by atoms with Gasteiger partial charge in [0.1, 0.15) is 17.1 Å². The summed E-state index contributed by atoms with van der Waals surface area (Å²) >= 11 is 0. The molecule has 1 heterocycles. The first kappa shape index (κ1) is 23.8. The summed E-state index contributed by atoms with van der Waals surface area (Å²) in [5.41, 5.74) is 2.98. The lowest BCUT2D eigenvalue weighted by atomic mass is 9.99. The van der Waals surface area contributed by atoms with E-state index in [1.165, 1.54) is 18.9 Å². The molecule has 0 aliphatic carbocycles. The van der Waals surface area contributed by atoms with Gasteiger partial charge in [-0.3, -0.25) is 10.1 Å². The molecule has 6 nitrogen and oxygen atoms in total. The number of hydrogen-bond donors (Lipinski definition) is 1. The van der Waals surface area contributed by atoms with Gasteiger partial charge in [-0.2, -0.15) is 0 Å². The number of nitro groups is 1. The van der Waals surface area contributed by atoms with Gasteiger partial charge >= 0.3 is 0 Å². The first-order chi connectivity index (χ1) is 15.6. The van der Waals surface area contributed by atoms with Crippen molar-refractivity contribution in [2.75, 3.05) is 19.7 Å². The van der Waals surface area contributed by atoms with Crippen LogP contribution in [0.5, 0.6) is 5.75 Å². The van der Waals surface area contributed by atoms with Crippen LogP contribution in [0.25, 0.3) is 11.0 Å². The third-order valence-electron chi connectivity index (χ3n) is 5.60. The van der Waals surface area contributed by atoms with E-state index in [4.69, 9.17) is 9.15 Å². The van der Waals surface area contributed by atoms with Crippen molar-refractivity contribution in [3.8, 4) is 5.75 Å². The fraction of sp³-hybridized carbons (Fsp3) is 0.462. The number of non-ortho nitro benzene ring substituents is 1. The first-order valence-electron chi connectivity index (χ1n) is 11.7. The molecule has 0 radical (unpaired) electrons. The molecule has 0 amide bonds. The van der Waals surface area contributed by atoms with E-state index in [1.807, 2.05) is 12.1 Å². The molecule has 0 spiro atoms. The number of nitrogens with one attached hydrogen (secondary N) is 1. The maximum Gasteiger partial charge on any atom is 0.270 e. The van der Waals surface area contributed by atoms with Crippen LogP contribution >= 0.6 is 0 Å². The Morgan fingerprint density at radius 1 is 1.00 bits per heavy atom. The summed E-state index contributed by atoms with van der Waals surface area (Å²) in [6.07, 6.45) is 7.00. The molecule has 0 aliphatic heterocycles. The average molecular weight is 439 g/mol. The van der Waals surface area contributed by atoms with E-state index in [9.17, 15) is 10.1 Å². The second-order valence-electron chi connectivity index (χ2n) is 8.17. The molecule has 6 heteroatoms. The highest BCUT2D eigenvalue weighted by Crippen LogP contribution is 2.32. The number of unbranched alkanes of at least 4 members (excludes halogenated alkanes) is 2. The molecular weight excluding hydrogens is 404 g/mol. The van der Waals surface area contributed by atoms with Crippen LogP contribution in [-0.2, 0) is 12.8 Å². The summed E-state index contributed by atoms with van der Waals surface area (Å²) in [4.78, 5) is 10.9. The van der Waals surface area contributed by atoms with Crippen molar-refractivity contribution >= 4 is 16.7 Å². The number of benzene rings is 2. The SMILES string of the molecule is CCCCNCCCOc1ccc(Cc2c(CCCC)oc3ccc([N+](=O)[O-])cc23)cc1. The molecule has 0 atom stereocenters. The summed E-state index contributed by atoms with van der Waals surface area (Å²) in [6.45, 7) is 7.07. The molecule has 0 saturated carbocycles. The van der Waals surface area contributed by atoms with Crippen molar-refractivity contribution in [2.45, 2.75) is 58.8 Å². The fourth-order valence-electron chi connectivity index (χ4n) is 3.76. The number of ether oxygens (including phenoxy) is 1. The monoisotopic (exact) mass is 438 g/mol. The van der Waals surface area contributed by atoms with Crippen LogP contribution in [0.2, 0.25) is 0 Å². The lowest BCUT2D eigenvalue weighted by molar-refractivity contribution is -0.384. The minimum absolute atomic E-state index is 0.0922. The van der Waals surface area contributed by atoms with Crippen molar-refractivity contribution < 1.29 is 14.1 Å². The highest BCUT2D eigenvalue weighted by Gasteiger charge is 2.17. The predicted molar refractivity (Wildman–Crippen MR) is 129 cm³/mol. The Labute approximate surface area is 190 Å². The van der Waals surface area contributed by atoms with Crippen LogP contribution in [0, 0.1) is 10.1 Å². The maximum atomic E-state index is 11.3. The first-order valence-corrected chi connectivity index (χ1v) is 11.7. The van der Waals surface area contributed by atoms with Crippen LogP contribution in [0.1, 0.15) is 62.8 Å². The topological polar surface area (TPSA) is 77.5 Å². The highest BCUT2D eigenvalue weighted by molar-refractivity contribution is 5.85. The Bertz CT molecular complexity index is 995. The number of nitro benzene ring substituents is 1. The molecule has 0 saturated heterocycles. The molecule has 0 bridgehead atoms. The normalized spacial score (nSPS) is 11.2. The number of rotatable bonds is 14. The minimum atomic E-state index is -0.354. The van der Waals surface area contributed by atoms with Crippen molar-refractivity contribution in [1.82, 2.24) is 5.32 Å². The van der Waals surface area contributed by atoms with Crippen molar-refractivity contribution in [2.24, 2.45) is 0 Å². The van der Waals surface area contributed by atoms with E-state index in [1.54, 1.807) is 12.1 Å². The minimum Gasteiger partial charge on any atom is -0.494 e. The van der Waals surface area contributed by atoms with E-state index >= 15 is 0 Å². The summed E-state index contributed by atoms with van der Waals surface area (Å²) < 4.78 is 11.9. The van der Waals surface area contributed by atoms with Gasteiger partial charge in [-0.1, -0.05) is 38.8 Å². The van der Waals surface area contributed by atoms with Gasteiger partial charge in [-0.25, -0.2) is 0 Å². The number of aryl methyl sites for hydroxylation is 1. The molecule has 0 fully saturated rings. The Morgan fingerprint density at radius 3 is 2.47 bits per heavy atom. The molecule has 2 aromatic carbocycles. The Balaban J connectivity index is 1.67. The zero-order valence-corrected chi connectivity index (χ0v) is 19.2. The van der Waals surface area contributed by atoms with Gasteiger partial charge in [0, 0.05) is 35.9 Å². The van der Waals surface area contributed by atoms with Crippen LogP contribution in [-0.4, -0.2) is 24.6 Å². The highest BCUT2D eigenvalue weighted by atomic mass is 16.6. The van der Waals surface area contributed by atoms with Gasteiger partial charge in [0.05, 0.1) is 11.5 Å². The van der Waals surface area contributed by atoms with E-state index in [0.717, 1.165) is 66.8 Å². The van der Waals surface area contributed by atoms with Gasteiger partial charge in [0.25, 0.3) is 5.69 Å². The molecule has 1 N–H and O–H groups in total. The van der Waals surface area contributed by atoms with Crippen LogP contribution < -0.4 is 10.1 Å². The fourth-order valence-corrected chi connectivity index (χ4v) is 3.76. The molecule has 32 heavy (non-hydrogen) atoms. The van der Waals surface area contributed by atoms with E-state index < -0.39 is 0 Å². The average Bonchev–Trinajstić information content (AvgIpc) is 3.14. The number of fused-ring (bicyclic) bond motifs is 1. The third-order valence-corrected chi connectivity index (χ3v) is 5.60. The Morgan fingerprint density at radius 2 is 1.75 bits per heavy atom. The second-order valence-corrected chi connectivity index (χ2v) is 8.17. The van der Waals surface area contributed by atoms with E-state index in [2.05, 4.69) is 31.3 Å². The smallest absolute Gasteiger partial charge is 0.270 e. The van der Waals surface area contributed by atoms with Gasteiger partial charge in [-0.05, 0) is 56.1 Å². The second kappa shape index (κ2) is 12.2. The quantitative estimate of drug-likeness (QED) is 0.178. The van der Waals surface area contributed by atoms with Crippen molar-refractivity contribution in [1.29, 1.82) is 0 Å². The van der Waals surface area contributed by atoms with Gasteiger partial charge < -0.3 is 14.5 Å². The standard InChI is InChI=1S/C26H34N2O4/c1-3-5-8-25-23(24-19-21(28(29)30)11-14-26(24)32-25)18-20-9-12-22(13-10-20)31-17-7-16-27-15-6-4-2/h9-14,19,27H,3-8,15-18H2,1-2H3. The predicted octanol–water partition coefficient (Wildman–Crippen LogP) is 6.43. The van der Waals surface area contributed by atoms with Crippen LogP contribution in [0.3, 0.4) is 0 Å². The molecule has 172 valence electrons. The van der Waals surface area contributed by atoms with Gasteiger partial charge in [0.15, 0.2) is 0 Å². The van der Waals surface area contributed by atoms with Crippen molar-refractivity contribution in [3.63, 3.8) is 0 Å². The van der Waals surface area contributed by atoms with Gasteiger partial charge in [-0.15, -0.1) is 0 Å². The zero-order valence-electron chi connectivity index (χ0n) is 19.2. The van der Waals surface area contributed by atoms with Crippen molar-refractivity contribution in [3.05, 3.63) is 69.5 Å². The Hall–Kier alpha value is -2.86. The summed E-state index contributed by atoms with van der Waals surface area (Å²) in [6, 6.07) is 13.0. The largest absolute Gasteiger partial charge is 0.494 e. The maximum absolute atomic E-state index is 11.3. The summed E-state index contributed by atoms with van der Waals surface area (Å²) in [5.74, 6) is 1.79. The lowest BCUT2D eigenvalue weighted by Crippen LogP contribution is -2.18. The zero-order chi connectivity index (χ0) is 22.8. The molecular formula is C26H34N2O4. The summed E-state index contributed by atoms with van der Waals surface area (Å²) in [5, 5.41) is 15.5. The number of furan rings is 1. The lowest BCUT2D eigenvalue weighted by Gasteiger charge is -2.08. The molecule has 0 aliphatic rings. The molecule has 3 rings (SSSR count). The Kier molecular flexibility index (Phi) is 9.11. The number of nitrogens with zero attached hydrogens (tertiary/aromatic N) is 1. The van der Waals surface area contributed by atoms with E-state index in [-0.39, 0.29) is 10.6 Å². The summed E-state index contributed by atoms with van der Waals surface area (Å²) in [7, 11) is 0. The third kappa shape index (κ3) is 6.57. The van der Waals surface area contributed by atoms with E-state index in [0.29, 0.717) is 18.6 Å². The molecule has 3 aromatic rings. The van der Waals surface area contributed by atoms with Gasteiger partial charge in [0.2, 0.25) is 0 Å².